The van der Waals surface area contributed by atoms with Crippen LogP contribution in [0.15, 0.2) is 29.4 Å². The van der Waals surface area contributed by atoms with E-state index < -0.39 is 4.87 Å². The quantitative estimate of drug-likeness (QED) is 0.848. The second-order valence-corrected chi connectivity index (χ2v) is 5.92. The fourth-order valence-electron chi connectivity index (χ4n) is 1.62. The SMILES string of the molecule is CNC1=NN(C(=O)c2ccc(F)cc2)C(C)(C)S1. The maximum Gasteiger partial charge on any atom is 0.275 e. The first kappa shape index (κ1) is 12.9. The van der Waals surface area contributed by atoms with E-state index >= 15 is 0 Å². The molecule has 18 heavy (non-hydrogen) atoms. The second-order valence-electron chi connectivity index (χ2n) is 4.33. The molecule has 96 valence electrons. The summed E-state index contributed by atoms with van der Waals surface area (Å²) in [4.78, 5) is 11.8. The first-order chi connectivity index (χ1) is 8.44. The summed E-state index contributed by atoms with van der Waals surface area (Å²) in [6, 6.07) is 5.47. The number of carbonyl (C=O) groups is 1. The van der Waals surface area contributed by atoms with Crippen LogP contribution in [0.5, 0.6) is 0 Å². The van der Waals surface area contributed by atoms with Crippen molar-refractivity contribution in [2.45, 2.75) is 18.7 Å². The molecule has 1 heterocycles. The Labute approximate surface area is 109 Å². The van der Waals surface area contributed by atoms with Crippen LogP contribution in [0.2, 0.25) is 0 Å². The highest BCUT2D eigenvalue weighted by molar-refractivity contribution is 8.15. The van der Waals surface area contributed by atoms with Crippen molar-refractivity contribution in [2.24, 2.45) is 5.10 Å². The molecule has 2 rings (SSSR count). The number of nitrogens with zero attached hydrogens (tertiary/aromatic N) is 2. The van der Waals surface area contributed by atoms with E-state index in [1.165, 1.54) is 41.0 Å². The highest BCUT2D eigenvalue weighted by Gasteiger charge is 2.39. The fraction of sp³-hybridized carbons (Fsp3) is 0.333. The number of hydrazone groups is 1. The molecule has 0 aliphatic carbocycles. The lowest BCUT2D eigenvalue weighted by atomic mass is 10.2. The Morgan fingerprint density at radius 3 is 2.50 bits per heavy atom. The standard InChI is InChI=1S/C12H14FN3OS/c1-12(2)16(15-11(14-3)18-12)10(17)8-4-6-9(13)7-5-8/h4-7H,1-3H3,(H,14,15). The summed E-state index contributed by atoms with van der Waals surface area (Å²) in [6.07, 6.45) is 0. The summed E-state index contributed by atoms with van der Waals surface area (Å²) in [5.41, 5.74) is 0.422. The smallest absolute Gasteiger partial charge is 0.275 e. The van der Waals surface area contributed by atoms with Crippen LogP contribution in [-0.2, 0) is 0 Å². The minimum Gasteiger partial charge on any atom is -0.366 e. The molecule has 0 spiro atoms. The number of hydrogen-bond acceptors (Lipinski definition) is 4. The van der Waals surface area contributed by atoms with Gasteiger partial charge in [0.1, 0.15) is 10.7 Å². The molecule has 0 saturated heterocycles. The molecule has 0 aromatic heterocycles. The summed E-state index contributed by atoms with van der Waals surface area (Å²) in [5, 5.41) is 9.24. The number of halogens is 1. The van der Waals surface area contributed by atoms with Crippen molar-refractivity contribution in [3.63, 3.8) is 0 Å². The molecule has 1 aliphatic heterocycles. The number of amides is 1. The van der Waals surface area contributed by atoms with Crippen molar-refractivity contribution in [1.29, 1.82) is 0 Å². The monoisotopic (exact) mass is 267 g/mol. The average molecular weight is 267 g/mol. The normalized spacial score (nSPS) is 17.6. The zero-order valence-corrected chi connectivity index (χ0v) is 11.2. The third-order valence-corrected chi connectivity index (χ3v) is 3.70. The van der Waals surface area contributed by atoms with Crippen molar-refractivity contribution in [1.82, 2.24) is 10.3 Å². The highest BCUT2D eigenvalue weighted by Crippen LogP contribution is 2.36. The van der Waals surface area contributed by atoms with Gasteiger partial charge in [-0.25, -0.2) is 9.40 Å². The second kappa shape index (κ2) is 4.61. The van der Waals surface area contributed by atoms with Gasteiger partial charge in [-0.1, -0.05) is 11.8 Å². The molecule has 1 N–H and O–H groups in total. The first-order valence-electron chi connectivity index (χ1n) is 5.49. The molecule has 0 bridgehead atoms. The number of carbonyl (C=O) groups excluding carboxylic acids is 1. The van der Waals surface area contributed by atoms with E-state index in [1.807, 2.05) is 13.8 Å². The molecule has 1 aliphatic rings. The van der Waals surface area contributed by atoms with E-state index in [2.05, 4.69) is 10.4 Å². The van der Waals surface area contributed by atoms with Gasteiger partial charge in [0.15, 0.2) is 5.17 Å². The number of nitrogens with one attached hydrogen (secondary N) is 1. The van der Waals surface area contributed by atoms with Gasteiger partial charge in [-0.15, -0.1) is 5.10 Å². The molecule has 1 aromatic carbocycles. The molecule has 4 nitrogen and oxygen atoms in total. The van der Waals surface area contributed by atoms with Crippen molar-refractivity contribution in [3.05, 3.63) is 35.6 Å². The van der Waals surface area contributed by atoms with E-state index in [0.29, 0.717) is 10.7 Å². The van der Waals surface area contributed by atoms with Crippen LogP contribution in [-0.4, -0.2) is 28.0 Å². The molecule has 0 radical (unpaired) electrons. The molecule has 0 unspecified atom stereocenters. The summed E-state index contributed by atoms with van der Waals surface area (Å²) in [5.74, 6) is -0.598. The molecule has 0 fully saturated rings. The number of amidine groups is 1. The van der Waals surface area contributed by atoms with E-state index in [-0.39, 0.29) is 11.7 Å². The Morgan fingerprint density at radius 2 is 2.00 bits per heavy atom. The largest absolute Gasteiger partial charge is 0.366 e. The van der Waals surface area contributed by atoms with Gasteiger partial charge in [0, 0.05) is 12.6 Å². The van der Waals surface area contributed by atoms with Gasteiger partial charge in [0.25, 0.3) is 5.91 Å². The van der Waals surface area contributed by atoms with Gasteiger partial charge in [-0.2, -0.15) is 0 Å². The fourth-order valence-corrected chi connectivity index (χ4v) is 2.53. The van der Waals surface area contributed by atoms with Crippen molar-refractivity contribution in [2.75, 3.05) is 7.05 Å². The summed E-state index contributed by atoms with van der Waals surface area (Å²) in [7, 11) is 1.76. The average Bonchev–Trinajstić information content (AvgIpc) is 2.64. The highest BCUT2D eigenvalue weighted by atomic mass is 32.2. The van der Waals surface area contributed by atoms with E-state index in [1.54, 1.807) is 7.05 Å². The third-order valence-electron chi connectivity index (χ3n) is 2.54. The minimum absolute atomic E-state index is 0.238. The lowest BCUT2D eigenvalue weighted by molar-refractivity contribution is 0.0691. The Kier molecular flexibility index (Phi) is 3.30. The van der Waals surface area contributed by atoms with Crippen molar-refractivity contribution in [3.8, 4) is 0 Å². The van der Waals surface area contributed by atoms with Crippen LogP contribution >= 0.6 is 11.8 Å². The topological polar surface area (TPSA) is 44.7 Å². The van der Waals surface area contributed by atoms with Crippen LogP contribution in [0.4, 0.5) is 4.39 Å². The predicted molar refractivity (Wildman–Crippen MR) is 70.7 cm³/mol. The molecule has 1 aromatic rings. The number of thioether (sulfide) groups is 1. The van der Waals surface area contributed by atoms with Crippen molar-refractivity contribution < 1.29 is 9.18 Å². The van der Waals surface area contributed by atoms with Gasteiger partial charge < -0.3 is 5.32 Å². The lowest BCUT2D eigenvalue weighted by Crippen LogP contribution is -2.38. The summed E-state index contributed by atoms with van der Waals surface area (Å²) < 4.78 is 12.8. The Balaban J connectivity index is 2.28. The predicted octanol–water partition coefficient (Wildman–Crippen LogP) is 2.24. The maximum atomic E-state index is 12.8. The molecule has 0 atom stereocenters. The molecular formula is C12H14FN3OS. The van der Waals surface area contributed by atoms with Crippen molar-refractivity contribution >= 4 is 22.8 Å². The Hall–Kier alpha value is -1.56. The van der Waals surface area contributed by atoms with Crippen LogP contribution in [0.1, 0.15) is 24.2 Å². The first-order valence-corrected chi connectivity index (χ1v) is 6.31. The maximum absolute atomic E-state index is 12.8. The molecular weight excluding hydrogens is 253 g/mol. The number of benzene rings is 1. The molecule has 6 heteroatoms. The molecule has 1 amide bonds. The number of rotatable bonds is 1. The zero-order valence-electron chi connectivity index (χ0n) is 10.4. The van der Waals surface area contributed by atoms with Gasteiger partial charge >= 0.3 is 0 Å². The Bertz CT molecular complexity index is 499. The van der Waals surface area contributed by atoms with Crippen LogP contribution in [0, 0.1) is 5.82 Å². The Morgan fingerprint density at radius 1 is 1.39 bits per heavy atom. The third kappa shape index (κ3) is 2.33. The number of hydrogen-bond donors (Lipinski definition) is 1. The van der Waals surface area contributed by atoms with E-state index in [4.69, 9.17) is 0 Å². The van der Waals surface area contributed by atoms with E-state index in [9.17, 15) is 9.18 Å². The summed E-state index contributed by atoms with van der Waals surface area (Å²) >= 11 is 1.47. The molecule has 0 saturated carbocycles. The van der Waals surface area contributed by atoms with Crippen LogP contribution in [0.25, 0.3) is 0 Å². The van der Waals surface area contributed by atoms with Crippen LogP contribution in [0.3, 0.4) is 0 Å². The lowest BCUT2D eigenvalue weighted by Gasteiger charge is -2.27. The van der Waals surface area contributed by atoms with Gasteiger partial charge in [0.2, 0.25) is 0 Å². The van der Waals surface area contributed by atoms with Gasteiger partial charge in [-0.3, -0.25) is 4.79 Å². The summed E-state index contributed by atoms with van der Waals surface area (Å²) in [6.45, 7) is 3.82. The van der Waals surface area contributed by atoms with E-state index in [0.717, 1.165) is 0 Å². The van der Waals surface area contributed by atoms with Gasteiger partial charge in [0.05, 0.1) is 0 Å². The minimum atomic E-state index is -0.455. The van der Waals surface area contributed by atoms with Crippen LogP contribution < -0.4 is 5.32 Å². The van der Waals surface area contributed by atoms with Gasteiger partial charge in [-0.05, 0) is 38.1 Å². The zero-order chi connectivity index (χ0) is 13.3.